The van der Waals surface area contributed by atoms with E-state index in [2.05, 4.69) is 6.07 Å². The third-order valence-electron chi connectivity index (χ3n) is 3.42. The first kappa shape index (κ1) is 12.9. The van der Waals surface area contributed by atoms with Gasteiger partial charge in [0, 0.05) is 11.7 Å². The van der Waals surface area contributed by atoms with E-state index in [9.17, 15) is 8.42 Å². The number of sulfone groups is 1. The second-order valence-corrected chi connectivity index (χ2v) is 6.82. The normalized spacial score (nSPS) is 26.4. The summed E-state index contributed by atoms with van der Waals surface area (Å²) in [4.78, 5) is 0. The van der Waals surface area contributed by atoms with Crippen molar-refractivity contribution in [2.45, 2.75) is 18.1 Å². The number of nitriles is 1. The largest absolute Gasteiger partial charge is 0.497 e. The molecule has 0 aliphatic heterocycles. The third-order valence-corrected chi connectivity index (χ3v) is 5.64. The van der Waals surface area contributed by atoms with Crippen LogP contribution in [0.3, 0.4) is 0 Å². The van der Waals surface area contributed by atoms with Crippen LogP contribution in [0.5, 0.6) is 5.75 Å². The van der Waals surface area contributed by atoms with Gasteiger partial charge in [0.05, 0.1) is 24.3 Å². The maximum Gasteiger partial charge on any atom is 0.154 e. The van der Waals surface area contributed by atoms with Crippen molar-refractivity contribution in [2.24, 2.45) is 5.92 Å². The predicted octanol–water partition coefficient (Wildman–Crippen LogP) is 1.74. The summed E-state index contributed by atoms with van der Waals surface area (Å²) in [5.74, 6) is 0.208. The van der Waals surface area contributed by atoms with Gasteiger partial charge in [-0.05, 0) is 17.7 Å². The summed E-state index contributed by atoms with van der Waals surface area (Å²) in [7, 11) is -1.58. The fourth-order valence-electron chi connectivity index (χ4n) is 2.30. The lowest BCUT2D eigenvalue weighted by molar-refractivity contribution is 0.414. The second-order valence-electron chi connectivity index (χ2n) is 4.37. The molecule has 5 heteroatoms. The van der Waals surface area contributed by atoms with Gasteiger partial charge >= 0.3 is 0 Å². The zero-order valence-corrected chi connectivity index (χ0v) is 11.1. The van der Waals surface area contributed by atoms with Crippen molar-refractivity contribution < 1.29 is 13.2 Å². The molecule has 1 saturated carbocycles. The Morgan fingerprint density at radius 1 is 1.33 bits per heavy atom. The molecule has 0 heterocycles. The Morgan fingerprint density at radius 3 is 2.39 bits per heavy atom. The van der Waals surface area contributed by atoms with E-state index < -0.39 is 21.0 Å². The molecule has 2 rings (SSSR count). The fourth-order valence-corrected chi connectivity index (χ4v) is 4.04. The van der Waals surface area contributed by atoms with Crippen molar-refractivity contribution in [1.29, 1.82) is 5.26 Å². The van der Waals surface area contributed by atoms with Gasteiger partial charge in [-0.1, -0.05) is 19.1 Å². The second kappa shape index (κ2) is 4.62. The van der Waals surface area contributed by atoms with Crippen LogP contribution in [0.15, 0.2) is 24.3 Å². The molecule has 3 unspecified atom stereocenters. The molecule has 0 radical (unpaired) electrons. The highest BCUT2D eigenvalue weighted by atomic mass is 32.2. The van der Waals surface area contributed by atoms with E-state index in [0.29, 0.717) is 0 Å². The Labute approximate surface area is 107 Å². The van der Waals surface area contributed by atoms with Crippen LogP contribution in [0.4, 0.5) is 0 Å². The Morgan fingerprint density at radius 2 is 1.94 bits per heavy atom. The van der Waals surface area contributed by atoms with Crippen LogP contribution < -0.4 is 4.74 Å². The van der Waals surface area contributed by atoms with Gasteiger partial charge < -0.3 is 4.74 Å². The first-order valence-corrected chi connectivity index (χ1v) is 7.51. The van der Waals surface area contributed by atoms with Gasteiger partial charge in [-0.2, -0.15) is 5.26 Å². The highest BCUT2D eigenvalue weighted by Gasteiger charge is 2.58. The van der Waals surface area contributed by atoms with Crippen molar-refractivity contribution in [3.8, 4) is 11.8 Å². The maximum atomic E-state index is 11.9. The zero-order valence-electron chi connectivity index (χ0n) is 10.3. The monoisotopic (exact) mass is 265 g/mol. The highest BCUT2D eigenvalue weighted by Crippen LogP contribution is 2.52. The summed E-state index contributed by atoms with van der Waals surface area (Å²) in [6.45, 7) is 1.62. The van der Waals surface area contributed by atoms with E-state index in [1.54, 1.807) is 26.2 Å². The van der Waals surface area contributed by atoms with Crippen molar-refractivity contribution in [3.63, 3.8) is 0 Å². The fraction of sp³-hybridized carbons (Fsp3) is 0.462. The molecule has 0 bridgehead atoms. The Hall–Kier alpha value is -1.54. The van der Waals surface area contributed by atoms with Crippen LogP contribution in [0.25, 0.3) is 0 Å². The van der Waals surface area contributed by atoms with Gasteiger partial charge in [0.15, 0.2) is 9.84 Å². The molecule has 4 nitrogen and oxygen atoms in total. The van der Waals surface area contributed by atoms with Crippen LogP contribution in [0.1, 0.15) is 18.4 Å². The van der Waals surface area contributed by atoms with Crippen molar-refractivity contribution in [3.05, 3.63) is 29.8 Å². The van der Waals surface area contributed by atoms with Crippen molar-refractivity contribution in [2.75, 3.05) is 12.9 Å². The third kappa shape index (κ3) is 2.08. The molecule has 0 amide bonds. The summed E-state index contributed by atoms with van der Waals surface area (Å²) >= 11 is 0. The van der Waals surface area contributed by atoms with Crippen molar-refractivity contribution >= 4 is 9.84 Å². The molecule has 1 aromatic rings. The summed E-state index contributed by atoms with van der Waals surface area (Å²) in [5.41, 5.74) is 0.893. The topological polar surface area (TPSA) is 67.2 Å². The lowest BCUT2D eigenvalue weighted by Gasteiger charge is -2.02. The van der Waals surface area contributed by atoms with Gasteiger partial charge in [0.1, 0.15) is 5.75 Å². The number of nitrogens with zero attached hydrogens (tertiary/aromatic N) is 1. The average Bonchev–Trinajstić information content (AvgIpc) is 3.14. The van der Waals surface area contributed by atoms with Crippen LogP contribution >= 0.6 is 0 Å². The van der Waals surface area contributed by atoms with Crippen LogP contribution in [0, 0.1) is 17.2 Å². The minimum absolute atomic E-state index is 0.0858. The van der Waals surface area contributed by atoms with Gasteiger partial charge in [0.25, 0.3) is 0 Å². The minimum atomic E-state index is -3.15. The van der Waals surface area contributed by atoms with Crippen LogP contribution in [0.2, 0.25) is 0 Å². The zero-order chi connectivity index (χ0) is 13.3. The Kier molecular flexibility index (Phi) is 3.31. The SMILES string of the molecule is CCS(=O)(=O)C1C(C#N)C1c1ccc(OC)cc1. The number of rotatable bonds is 4. The predicted molar refractivity (Wildman–Crippen MR) is 68.1 cm³/mol. The van der Waals surface area contributed by atoms with E-state index in [4.69, 9.17) is 10.00 Å². The molecule has 1 aromatic carbocycles. The average molecular weight is 265 g/mol. The smallest absolute Gasteiger partial charge is 0.154 e. The molecule has 0 N–H and O–H groups in total. The van der Waals surface area contributed by atoms with Gasteiger partial charge in [-0.3, -0.25) is 0 Å². The lowest BCUT2D eigenvalue weighted by atomic mass is 10.1. The van der Waals surface area contributed by atoms with Crippen LogP contribution in [-0.2, 0) is 9.84 Å². The number of hydrogen-bond donors (Lipinski definition) is 0. The van der Waals surface area contributed by atoms with E-state index in [-0.39, 0.29) is 11.7 Å². The first-order valence-electron chi connectivity index (χ1n) is 5.80. The molecular formula is C13H15NO3S. The van der Waals surface area contributed by atoms with Crippen molar-refractivity contribution in [1.82, 2.24) is 0 Å². The lowest BCUT2D eigenvalue weighted by Crippen LogP contribution is -2.12. The number of hydrogen-bond acceptors (Lipinski definition) is 4. The quantitative estimate of drug-likeness (QED) is 0.831. The summed E-state index contributed by atoms with van der Waals surface area (Å²) in [6, 6.07) is 9.34. The molecule has 3 atom stereocenters. The Balaban J connectivity index is 2.27. The number of ether oxygens (including phenoxy) is 1. The molecular weight excluding hydrogens is 250 g/mol. The standard InChI is InChI=1S/C13H15NO3S/c1-3-18(15,16)13-11(8-14)12(13)9-4-6-10(17-2)7-5-9/h4-7,11-13H,3H2,1-2H3. The first-order chi connectivity index (χ1) is 8.55. The highest BCUT2D eigenvalue weighted by molar-refractivity contribution is 7.92. The molecule has 96 valence electrons. The van der Waals surface area contributed by atoms with E-state index in [1.807, 2.05) is 12.1 Å². The molecule has 1 aliphatic carbocycles. The number of methoxy groups -OCH3 is 1. The van der Waals surface area contributed by atoms with Crippen LogP contribution in [-0.4, -0.2) is 26.5 Å². The molecule has 1 fully saturated rings. The summed E-state index contributed by atoms with van der Waals surface area (Å²) < 4.78 is 28.8. The molecule has 0 saturated heterocycles. The Bertz CT molecular complexity index is 571. The molecule has 18 heavy (non-hydrogen) atoms. The van der Waals surface area contributed by atoms with Gasteiger partial charge in [-0.25, -0.2) is 8.42 Å². The van der Waals surface area contributed by atoms with E-state index in [1.165, 1.54) is 0 Å². The van der Waals surface area contributed by atoms with Gasteiger partial charge in [0.2, 0.25) is 0 Å². The number of benzene rings is 1. The maximum absolute atomic E-state index is 11.9. The van der Waals surface area contributed by atoms with Gasteiger partial charge in [-0.15, -0.1) is 0 Å². The summed E-state index contributed by atoms with van der Waals surface area (Å²) in [5, 5.41) is 8.49. The molecule has 1 aliphatic rings. The molecule has 0 aromatic heterocycles. The van der Waals surface area contributed by atoms with E-state index in [0.717, 1.165) is 11.3 Å². The summed E-state index contributed by atoms with van der Waals surface area (Å²) in [6.07, 6.45) is 0. The molecule has 0 spiro atoms. The van der Waals surface area contributed by atoms with E-state index >= 15 is 0 Å². The minimum Gasteiger partial charge on any atom is -0.497 e.